The van der Waals surface area contributed by atoms with Crippen molar-refractivity contribution in [3.05, 3.63) is 63.8 Å². The van der Waals surface area contributed by atoms with Crippen LogP contribution in [0.3, 0.4) is 0 Å². The molecule has 1 aliphatic heterocycles. The van der Waals surface area contributed by atoms with Crippen LogP contribution in [-0.4, -0.2) is 43.7 Å². The number of nitrogens with one attached hydrogen (secondary N) is 2. The highest BCUT2D eigenvalue weighted by atomic mass is 79.9. The molecule has 4 rings (SSSR count). The minimum atomic E-state index is -0.0425. The number of rotatable bonds is 6. The monoisotopic (exact) mass is 455 g/mol. The average Bonchev–Trinajstić information content (AvgIpc) is 3.12. The molecule has 0 atom stereocenters. The van der Waals surface area contributed by atoms with E-state index < -0.39 is 0 Å². The zero-order valence-electron chi connectivity index (χ0n) is 16.6. The van der Waals surface area contributed by atoms with Gasteiger partial charge in [0.25, 0.3) is 5.91 Å². The van der Waals surface area contributed by atoms with Gasteiger partial charge in [0.2, 0.25) is 0 Å². The minimum Gasteiger partial charge on any atom is -0.378 e. The van der Waals surface area contributed by atoms with Crippen LogP contribution in [0.5, 0.6) is 0 Å². The van der Waals surface area contributed by atoms with E-state index in [9.17, 15) is 4.79 Å². The Labute approximate surface area is 179 Å². The van der Waals surface area contributed by atoms with E-state index in [1.807, 2.05) is 12.1 Å². The topological polar surface area (TPSA) is 57.4 Å². The van der Waals surface area contributed by atoms with Crippen molar-refractivity contribution in [1.29, 1.82) is 0 Å². The van der Waals surface area contributed by atoms with Crippen LogP contribution in [0.25, 0.3) is 10.9 Å². The lowest BCUT2D eigenvalue weighted by atomic mass is 10.1. The molecule has 0 radical (unpaired) electrons. The summed E-state index contributed by atoms with van der Waals surface area (Å²) in [6, 6.07) is 14.7. The van der Waals surface area contributed by atoms with Gasteiger partial charge >= 0.3 is 0 Å². The third-order valence-electron chi connectivity index (χ3n) is 5.46. The van der Waals surface area contributed by atoms with Gasteiger partial charge in [-0.15, -0.1) is 0 Å². The Morgan fingerprint density at radius 1 is 1.17 bits per heavy atom. The number of carbonyl (C=O) groups is 1. The summed E-state index contributed by atoms with van der Waals surface area (Å²) in [7, 11) is 0. The molecule has 1 amide bonds. The molecular weight excluding hydrogens is 430 g/mol. The fourth-order valence-electron chi connectivity index (χ4n) is 3.88. The number of halogens is 1. The van der Waals surface area contributed by atoms with Gasteiger partial charge in [0.05, 0.1) is 13.2 Å². The van der Waals surface area contributed by atoms with E-state index in [0.29, 0.717) is 12.2 Å². The number of hydrogen-bond acceptors (Lipinski definition) is 3. The molecule has 2 heterocycles. The van der Waals surface area contributed by atoms with Crippen molar-refractivity contribution in [2.75, 3.05) is 37.7 Å². The summed E-state index contributed by atoms with van der Waals surface area (Å²) in [4.78, 5) is 18.4. The first-order chi connectivity index (χ1) is 14.2. The zero-order chi connectivity index (χ0) is 20.2. The van der Waals surface area contributed by atoms with Gasteiger partial charge in [0.1, 0.15) is 5.69 Å². The number of morpholine rings is 1. The first kappa shape index (κ1) is 20.0. The van der Waals surface area contributed by atoms with Gasteiger partial charge < -0.3 is 19.9 Å². The Morgan fingerprint density at radius 2 is 1.93 bits per heavy atom. The largest absolute Gasteiger partial charge is 0.378 e. The lowest BCUT2D eigenvalue weighted by Gasteiger charge is -2.28. The van der Waals surface area contributed by atoms with E-state index in [1.54, 1.807) is 0 Å². The summed E-state index contributed by atoms with van der Waals surface area (Å²) in [5.41, 5.74) is 5.18. The number of amides is 1. The molecule has 152 valence electrons. The molecule has 1 fully saturated rings. The molecule has 1 aliphatic rings. The molecule has 0 aliphatic carbocycles. The van der Waals surface area contributed by atoms with Crippen LogP contribution >= 0.6 is 15.9 Å². The highest BCUT2D eigenvalue weighted by Gasteiger charge is 2.16. The number of fused-ring (bicyclic) bond motifs is 1. The number of aromatic amines is 1. The first-order valence-electron chi connectivity index (χ1n) is 10.2. The van der Waals surface area contributed by atoms with Crippen molar-refractivity contribution in [3.8, 4) is 0 Å². The van der Waals surface area contributed by atoms with Gasteiger partial charge in [-0.05, 0) is 54.3 Å². The summed E-state index contributed by atoms with van der Waals surface area (Å²) in [5.74, 6) is -0.0425. The molecule has 1 aromatic heterocycles. The third kappa shape index (κ3) is 4.49. The maximum absolute atomic E-state index is 12.8. The van der Waals surface area contributed by atoms with E-state index in [0.717, 1.165) is 60.1 Å². The number of nitrogens with zero attached hydrogens (tertiary/aromatic N) is 1. The second-order valence-corrected chi connectivity index (χ2v) is 8.21. The van der Waals surface area contributed by atoms with Gasteiger partial charge in [-0.25, -0.2) is 0 Å². The zero-order valence-corrected chi connectivity index (χ0v) is 18.2. The third-order valence-corrected chi connectivity index (χ3v) is 5.95. The van der Waals surface area contributed by atoms with Crippen LogP contribution in [0.1, 0.15) is 28.5 Å². The van der Waals surface area contributed by atoms with Crippen molar-refractivity contribution >= 4 is 38.4 Å². The average molecular weight is 456 g/mol. The molecule has 5 nitrogen and oxygen atoms in total. The van der Waals surface area contributed by atoms with Crippen molar-refractivity contribution in [1.82, 2.24) is 10.3 Å². The molecule has 29 heavy (non-hydrogen) atoms. The van der Waals surface area contributed by atoms with E-state index in [1.165, 1.54) is 11.3 Å². The molecule has 2 N–H and O–H groups in total. The maximum Gasteiger partial charge on any atom is 0.268 e. The second kappa shape index (κ2) is 9.01. The van der Waals surface area contributed by atoms with E-state index in [2.05, 4.69) is 68.4 Å². The molecule has 0 saturated carbocycles. The van der Waals surface area contributed by atoms with Gasteiger partial charge in [-0.3, -0.25) is 4.79 Å². The van der Waals surface area contributed by atoms with Gasteiger partial charge in [0, 0.05) is 40.7 Å². The molecule has 0 spiro atoms. The Balaban J connectivity index is 1.37. The summed E-state index contributed by atoms with van der Waals surface area (Å²) < 4.78 is 6.43. The number of H-pyrrole nitrogens is 1. The van der Waals surface area contributed by atoms with Crippen LogP contribution in [0.4, 0.5) is 5.69 Å². The quantitative estimate of drug-likeness (QED) is 0.582. The molecule has 3 aromatic rings. The Kier molecular flexibility index (Phi) is 6.21. The molecule has 6 heteroatoms. The molecule has 0 bridgehead atoms. The molecule has 1 saturated heterocycles. The smallest absolute Gasteiger partial charge is 0.268 e. The van der Waals surface area contributed by atoms with Crippen LogP contribution in [0, 0.1) is 0 Å². The second-order valence-electron chi connectivity index (χ2n) is 7.29. The standard InChI is InChI=1S/C23H26BrN3O2/c1-2-19-20-15-17(24)5-8-21(20)26-22(19)23(28)25-10-9-16-3-6-18(7-4-16)27-11-13-29-14-12-27/h3-8,15,26H,2,9-14H2,1H3,(H,25,28). The van der Waals surface area contributed by atoms with Crippen molar-refractivity contribution < 1.29 is 9.53 Å². The van der Waals surface area contributed by atoms with Crippen molar-refractivity contribution in [2.24, 2.45) is 0 Å². The van der Waals surface area contributed by atoms with Crippen LogP contribution in [-0.2, 0) is 17.6 Å². The molecule has 2 aromatic carbocycles. The predicted molar refractivity (Wildman–Crippen MR) is 121 cm³/mol. The van der Waals surface area contributed by atoms with Gasteiger partial charge in [-0.1, -0.05) is 35.0 Å². The SMILES string of the molecule is CCc1c(C(=O)NCCc2ccc(N3CCOCC3)cc2)[nH]c2ccc(Br)cc12. The van der Waals surface area contributed by atoms with Crippen molar-refractivity contribution in [3.63, 3.8) is 0 Å². The number of hydrogen-bond donors (Lipinski definition) is 2. The number of anilines is 1. The van der Waals surface area contributed by atoms with Crippen LogP contribution in [0.15, 0.2) is 46.9 Å². The highest BCUT2D eigenvalue weighted by Crippen LogP contribution is 2.26. The maximum atomic E-state index is 12.8. The number of aromatic nitrogens is 1. The summed E-state index contributed by atoms with van der Waals surface area (Å²) in [6.07, 6.45) is 1.62. The van der Waals surface area contributed by atoms with Crippen molar-refractivity contribution in [2.45, 2.75) is 19.8 Å². The summed E-state index contributed by atoms with van der Waals surface area (Å²) in [5, 5.41) is 4.17. The fraction of sp³-hybridized carbons (Fsp3) is 0.348. The molecule has 0 unspecified atom stereocenters. The normalized spacial score (nSPS) is 14.3. The summed E-state index contributed by atoms with van der Waals surface area (Å²) >= 11 is 3.52. The predicted octanol–water partition coefficient (Wildman–Crippen LogP) is 4.30. The first-order valence-corrected chi connectivity index (χ1v) is 10.9. The van der Waals surface area contributed by atoms with E-state index in [4.69, 9.17) is 4.74 Å². The minimum absolute atomic E-state index is 0.0425. The fourth-order valence-corrected chi connectivity index (χ4v) is 4.25. The van der Waals surface area contributed by atoms with Crippen LogP contribution < -0.4 is 10.2 Å². The molecular formula is C23H26BrN3O2. The highest BCUT2D eigenvalue weighted by molar-refractivity contribution is 9.10. The number of aryl methyl sites for hydroxylation is 1. The summed E-state index contributed by atoms with van der Waals surface area (Å²) in [6.45, 7) is 6.15. The van der Waals surface area contributed by atoms with E-state index in [-0.39, 0.29) is 5.91 Å². The van der Waals surface area contributed by atoms with E-state index >= 15 is 0 Å². The Bertz CT molecular complexity index is 991. The Morgan fingerprint density at radius 3 is 2.66 bits per heavy atom. The van der Waals surface area contributed by atoms with Gasteiger partial charge in [0.15, 0.2) is 0 Å². The number of ether oxygens (including phenoxy) is 1. The van der Waals surface area contributed by atoms with Gasteiger partial charge in [-0.2, -0.15) is 0 Å². The number of benzene rings is 2. The Hall–Kier alpha value is -2.31. The lowest BCUT2D eigenvalue weighted by molar-refractivity contribution is 0.0949. The van der Waals surface area contributed by atoms with Crippen LogP contribution in [0.2, 0.25) is 0 Å². The lowest BCUT2D eigenvalue weighted by Crippen LogP contribution is -2.36. The number of carbonyl (C=O) groups excluding carboxylic acids is 1.